The van der Waals surface area contributed by atoms with Gasteiger partial charge in [-0.2, -0.15) is 11.8 Å². The highest BCUT2D eigenvalue weighted by atomic mass is 79.9. The van der Waals surface area contributed by atoms with Gasteiger partial charge in [0.1, 0.15) is 10.3 Å². The first kappa shape index (κ1) is 11.2. The minimum absolute atomic E-state index is 0.107. The molecule has 0 aromatic carbocycles. The predicted octanol–water partition coefficient (Wildman–Crippen LogP) is 1.25. The van der Waals surface area contributed by atoms with Gasteiger partial charge in [0.05, 0.1) is 6.04 Å². The van der Waals surface area contributed by atoms with Gasteiger partial charge in [-0.15, -0.1) is 0 Å². The molecule has 1 fully saturated rings. The van der Waals surface area contributed by atoms with Crippen LogP contribution in [0.2, 0.25) is 0 Å². The van der Waals surface area contributed by atoms with Gasteiger partial charge < -0.3 is 4.98 Å². The lowest BCUT2D eigenvalue weighted by Crippen LogP contribution is -2.34. The van der Waals surface area contributed by atoms with E-state index in [2.05, 4.69) is 37.8 Å². The fraction of sp³-hybridized carbons (Fsp3) is 0.556. The van der Waals surface area contributed by atoms with E-state index in [0.717, 1.165) is 23.9 Å². The zero-order valence-electron chi connectivity index (χ0n) is 8.36. The van der Waals surface area contributed by atoms with E-state index in [-0.39, 0.29) is 11.6 Å². The summed E-state index contributed by atoms with van der Waals surface area (Å²) < 4.78 is 0.484. The summed E-state index contributed by atoms with van der Waals surface area (Å²) in [5.74, 6) is 2.90. The molecule has 0 saturated carbocycles. The normalized spacial score (nSPS) is 22.9. The molecular weight excluding hydrogens is 278 g/mol. The van der Waals surface area contributed by atoms with E-state index in [9.17, 15) is 4.79 Å². The molecule has 15 heavy (non-hydrogen) atoms. The summed E-state index contributed by atoms with van der Waals surface area (Å²) >= 11 is 5.04. The van der Waals surface area contributed by atoms with Crippen LogP contribution in [0, 0.1) is 0 Å². The van der Waals surface area contributed by atoms with Crippen molar-refractivity contribution < 1.29 is 0 Å². The number of nitrogens with one attached hydrogen (secondary N) is 1. The lowest BCUT2D eigenvalue weighted by atomic mass is 10.2. The van der Waals surface area contributed by atoms with Crippen LogP contribution in [0.4, 0.5) is 0 Å². The minimum Gasteiger partial charge on any atom is -0.308 e. The molecule has 1 saturated heterocycles. The van der Waals surface area contributed by atoms with Crippen LogP contribution in [0.3, 0.4) is 0 Å². The maximum absolute atomic E-state index is 11.4. The molecule has 1 aliphatic heterocycles. The van der Waals surface area contributed by atoms with E-state index in [1.807, 2.05) is 11.8 Å². The van der Waals surface area contributed by atoms with Crippen LogP contribution >= 0.6 is 27.7 Å². The van der Waals surface area contributed by atoms with Crippen molar-refractivity contribution in [1.82, 2.24) is 14.9 Å². The molecule has 1 aromatic rings. The zero-order chi connectivity index (χ0) is 10.8. The van der Waals surface area contributed by atoms with Crippen molar-refractivity contribution in [3.8, 4) is 0 Å². The molecule has 0 radical (unpaired) electrons. The third kappa shape index (κ3) is 2.43. The maximum Gasteiger partial charge on any atom is 0.265 e. The molecule has 0 bridgehead atoms. The highest BCUT2D eigenvalue weighted by molar-refractivity contribution is 9.10. The van der Waals surface area contributed by atoms with Gasteiger partial charge in [-0.1, -0.05) is 0 Å². The van der Waals surface area contributed by atoms with Crippen molar-refractivity contribution in [3.05, 3.63) is 26.8 Å². The van der Waals surface area contributed by atoms with E-state index in [1.54, 1.807) is 6.20 Å². The van der Waals surface area contributed by atoms with Crippen molar-refractivity contribution in [3.63, 3.8) is 0 Å². The Labute approximate surface area is 101 Å². The zero-order valence-corrected chi connectivity index (χ0v) is 10.8. The lowest BCUT2D eigenvalue weighted by Gasteiger charge is -2.30. The number of hydrogen-bond acceptors (Lipinski definition) is 4. The molecule has 0 amide bonds. The molecule has 4 nitrogen and oxygen atoms in total. The molecular formula is C9H12BrN3OS. The largest absolute Gasteiger partial charge is 0.308 e. The summed E-state index contributed by atoms with van der Waals surface area (Å²) in [4.78, 5) is 20.7. The summed E-state index contributed by atoms with van der Waals surface area (Å²) in [7, 11) is 2.06. The number of nitrogens with zero attached hydrogens (tertiary/aromatic N) is 2. The highest BCUT2D eigenvalue weighted by Crippen LogP contribution is 2.25. The molecule has 2 rings (SSSR count). The van der Waals surface area contributed by atoms with Gasteiger partial charge in [0.15, 0.2) is 0 Å². The first-order chi connectivity index (χ1) is 7.18. The second-order valence-corrected chi connectivity index (χ2v) is 5.52. The molecule has 1 N–H and O–H groups in total. The average Bonchev–Trinajstić information content (AvgIpc) is 2.23. The van der Waals surface area contributed by atoms with Gasteiger partial charge in [-0.25, -0.2) is 4.98 Å². The Morgan fingerprint density at radius 2 is 2.53 bits per heavy atom. The smallest absolute Gasteiger partial charge is 0.265 e. The Morgan fingerprint density at radius 1 is 1.73 bits per heavy atom. The number of aromatic nitrogens is 2. The summed E-state index contributed by atoms with van der Waals surface area (Å²) in [5.41, 5.74) is -0.107. The van der Waals surface area contributed by atoms with Gasteiger partial charge in [-0.3, -0.25) is 9.69 Å². The van der Waals surface area contributed by atoms with Gasteiger partial charge in [0, 0.05) is 24.2 Å². The third-order valence-electron chi connectivity index (χ3n) is 2.49. The van der Waals surface area contributed by atoms with Crippen LogP contribution in [0.15, 0.2) is 15.5 Å². The van der Waals surface area contributed by atoms with Crippen molar-refractivity contribution in [2.75, 3.05) is 25.1 Å². The van der Waals surface area contributed by atoms with E-state index in [0.29, 0.717) is 4.47 Å². The van der Waals surface area contributed by atoms with Gasteiger partial charge >= 0.3 is 0 Å². The quantitative estimate of drug-likeness (QED) is 0.846. The maximum atomic E-state index is 11.4. The van der Waals surface area contributed by atoms with Crippen LogP contribution in [0.25, 0.3) is 0 Å². The number of thioether (sulfide) groups is 1. The van der Waals surface area contributed by atoms with Gasteiger partial charge in [0.2, 0.25) is 0 Å². The standard InChI is InChI=1S/C9H12BrN3OS/c1-13-2-3-15-5-7(13)8-11-4-6(10)9(14)12-8/h4,7H,2-3,5H2,1H3,(H,11,12,14). The highest BCUT2D eigenvalue weighted by Gasteiger charge is 2.23. The van der Waals surface area contributed by atoms with Crippen LogP contribution in [0.5, 0.6) is 0 Å². The first-order valence-electron chi connectivity index (χ1n) is 4.71. The number of rotatable bonds is 1. The van der Waals surface area contributed by atoms with Crippen molar-refractivity contribution in [1.29, 1.82) is 0 Å². The molecule has 0 aliphatic carbocycles. The number of hydrogen-bond donors (Lipinski definition) is 1. The Bertz CT molecular complexity index is 409. The molecule has 2 heterocycles. The Kier molecular flexibility index (Phi) is 3.48. The average molecular weight is 290 g/mol. The van der Waals surface area contributed by atoms with Crippen molar-refractivity contribution >= 4 is 27.7 Å². The predicted molar refractivity (Wildman–Crippen MR) is 65.3 cm³/mol. The fourth-order valence-corrected chi connectivity index (χ4v) is 2.96. The van der Waals surface area contributed by atoms with E-state index in [1.165, 1.54) is 0 Å². The molecule has 82 valence electrons. The first-order valence-corrected chi connectivity index (χ1v) is 6.66. The molecule has 1 atom stereocenters. The summed E-state index contributed by atoms with van der Waals surface area (Å²) in [6, 6.07) is 0.226. The SMILES string of the molecule is CN1CCSCC1c1ncc(Br)c(=O)[nH]1. The Morgan fingerprint density at radius 3 is 3.20 bits per heavy atom. The van der Waals surface area contributed by atoms with Crippen LogP contribution in [-0.2, 0) is 0 Å². The monoisotopic (exact) mass is 289 g/mol. The van der Waals surface area contributed by atoms with E-state index >= 15 is 0 Å². The fourth-order valence-electron chi connectivity index (χ4n) is 1.54. The second kappa shape index (κ2) is 4.67. The Balaban J connectivity index is 2.28. The number of halogens is 1. The third-order valence-corrected chi connectivity index (χ3v) is 4.07. The molecule has 1 unspecified atom stereocenters. The molecule has 1 aromatic heterocycles. The minimum atomic E-state index is -0.107. The lowest BCUT2D eigenvalue weighted by molar-refractivity contribution is 0.264. The molecule has 0 spiro atoms. The van der Waals surface area contributed by atoms with Crippen LogP contribution < -0.4 is 5.56 Å². The summed E-state index contributed by atoms with van der Waals surface area (Å²) in [5, 5.41) is 0. The van der Waals surface area contributed by atoms with Gasteiger partial charge in [-0.05, 0) is 23.0 Å². The Hall–Kier alpha value is -0.330. The topological polar surface area (TPSA) is 49.0 Å². The summed E-state index contributed by atoms with van der Waals surface area (Å²) in [6.45, 7) is 1.04. The van der Waals surface area contributed by atoms with Crippen LogP contribution in [-0.4, -0.2) is 40.0 Å². The van der Waals surface area contributed by atoms with E-state index < -0.39 is 0 Å². The van der Waals surface area contributed by atoms with Crippen LogP contribution in [0.1, 0.15) is 11.9 Å². The summed E-state index contributed by atoms with van der Waals surface area (Å²) in [6.07, 6.45) is 1.57. The molecule has 6 heteroatoms. The van der Waals surface area contributed by atoms with E-state index in [4.69, 9.17) is 0 Å². The molecule has 1 aliphatic rings. The second-order valence-electron chi connectivity index (χ2n) is 3.52. The van der Waals surface area contributed by atoms with Gasteiger partial charge in [0.25, 0.3) is 5.56 Å². The van der Waals surface area contributed by atoms with Crippen molar-refractivity contribution in [2.24, 2.45) is 0 Å². The number of aromatic amines is 1. The number of H-pyrrole nitrogens is 1. The van der Waals surface area contributed by atoms with Crippen molar-refractivity contribution in [2.45, 2.75) is 6.04 Å².